The molecule has 3 atom stereocenters. The van der Waals surface area contributed by atoms with E-state index in [0.717, 1.165) is 51.1 Å². The van der Waals surface area contributed by atoms with E-state index >= 15 is 0 Å². The summed E-state index contributed by atoms with van der Waals surface area (Å²) in [5.41, 5.74) is 2.39. The molecular formula is C107H93F15N10O16S2. The Morgan fingerprint density at radius 1 is 0.393 bits per heavy atom. The molecule has 43 heteroatoms. The molecule has 4 saturated heterocycles. The minimum absolute atomic E-state index is 0.0320. The number of alkyl halides is 15. The molecule has 1 N–H and O–H groups in total. The molecule has 9 aromatic carbocycles. The molecule has 784 valence electrons. The zero-order valence-electron chi connectivity index (χ0n) is 81.8. The van der Waals surface area contributed by atoms with Crippen molar-refractivity contribution in [3.05, 3.63) is 283 Å². The number of anilines is 1. The quantitative estimate of drug-likeness (QED) is 0.0193. The van der Waals surface area contributed by atoms with Crippen LogP contribution >= 0.6 is 23.5 Å². The van der Waals surface area contributed by atoms with E-state index in [1.54, 1.807) is 117 Å². The number of ether oxygens (including phenoxy) is 9. The van der Waals surface area contributed by atoms with Crippen LogP contribution in [0.2, 0.25) is 0 Å². The molecule has 3 spiro atoms. The molecule has 3 aliphatic carbocycles. The van der Waals surface area contributed by atoms with Crippen LogP contribution in [0.15, 0.2) is 193 Å². The van der Waals surface area contributed by atoms with Gasteiger partial charge in [0.15, 0.2) is 23.5 Å². The highest BCUT2D eigenvalue weighted by Gasteiger charge is 2.67. The fourth-order valence-corrected chi connectivity index (χ4v) is 20.3. The number of carbonyl (C=O) groups is 6. The van der Waals surface area contributed by atoms with E-state index < -0.39 is 141 Å². The molecule has 12 aromatic rings. The Bertz CT molecular complexity index is 7270. The number of aryl methyl sites for hydroxylation is 4. The highest BCUT2D eigenvalue weighted by Crippen LogP contribution is 2.62. The predicted octanol–water partition coefficient (Wildman–Crippen LogP) is 25.0. The second-order valence-electron chi connectivity index (χ2n) is 36.8. The van der Waals surface area contributed by atoms with E-state index in [4.69, 9.17) is 57.6 Å². The van der Waals surface area contributed by atoms with E-state index in [0.29, 0.717) is 181 Å². The molecule has 4 aliphatic heterocycles. The average Bonchev–Trinajstić information content (AvgIpc) is 1.54. The van der Waals surface area contributed by atoms with Crippen LogP contribution in [0.25, 0.3) is 66.9 Å². The number of amides is 3. The number of carboxylic acid groups (broad SMARTS) is 1. The number of esters is 2. The van der Waals surface area contributed by atoms with E-state index in [-0.39, 0.29) is 63.0 Å². The lowest BCUT2D eigenvalue weighted by molar-refractivity contribution is -0.144. The molecule has 3 aromatic heterocycles. The van der Waals surface area contributed by atoms with Gasteiger partial charge in [-0.25, -0.2) is 53.7 Å². The van der Waals surface area contributed by atoms with Crippen molar-refractivity contribution in [3.8, 4) is 84.1 Å². The van der Waals surface area contributed by atoms with Gasteiger partial charge in [-0.2, -0.15) is 65.9 Å². The molecule has 3 saturated carbocycles. The number of methoxy groups -OCH3 is 5. The largest absolute Gasteiger partial charge is 0.496 e. The molecule has 7 heterocycles. The summed E-state index contributed by atoms with van der Waals surface area (Å²) in [6.07, 6.45) is -20.2. The highest BCUT2D eigenvalue weighted by atomic mass is 32.2. The molecule has 26 nitrogen and oxygen atoms in total. The van der Waals surface area contributed by atoms with Gasteiger partial charge in [0.25, 0.3) is 0 Å². The summed E-state index contributed by atoms with van der Waals surface area (Å²) in [5, 5.41) is 10.5. The maximum atomic E-state index is 13.8. The molecule has 0 bridgehead atoms. The third kappa shape index (κ3) is 21.5. The van der Waals surface area contributed by atoms with Gasteiger partial charge >= 0.3 is 67.1 Å². The number of cyclic esters (lactones) is 3. The predicted molar refractivity (Wildman–Crippen MR) is 518 cm³/mol. The first-order chi connectivity index (χ1) is 71.0. The number of carboxylic acids is 1. The molecule has 3 amide bonds. The molecule has 19 rings (SSSR count). The Hall–Kier alpha value is -14.8. The number of carbonyl (C=O) groups excluding carboxylic acids is 5. The van der Waals surface area contributed by atoms with Crippen LogP contribution in [0, 0.1) is 27.7 Å². The Balaban J connectivity index is 0.000000153. The van der Waals surface area contributed by atoms with Crippen molar-refractivity contribution in [2.75, 3.05) is 79.3 Å². The van der Waals surface area contributed by atoms with E-state index in [1.807, 2.05) is 67.5 Å². The molecule has 0 unspecified atom stereocenters. The molecule has 150 heavy (non-hydrogen) atoms. The smallest absolute Gasteiger partial charge is 0.416 e. The minimum atomic E-state index is -5.08. The summed E-state index contributed by atoms with van der Waals surface area (Å²) in [7, 11) is 7.14. The number of thioether (sulfide) groups is 2. The summed E-state index contributed by atoms with van der Waals surface area (Å²) in [4.78, 5) is 111. The summed E-state index contributed by atoms with van der Waals surface area (Å²) in [5.74, 6) is -0.229. The normalized spacial score (nSPS) is 17.3. The number of hydrogen-bond donors (Lipinski definition) is 1. The summed E-state index contributed by atoms with van der Waals surface area (Å²) in [6, 6.07) is 37.9. The number of morpholine rings is 1. The van der Waals surface area contributed by atoms with Crippen LogP contribution in [0.3, 0.4) is 0 Å². The summed E-state index contributed by atoms with van der Waals surface area (Å²) >= 11 is 2.64. The number of hydrogen-bond acceptors (Lipinski definition) is 24. The van der Waals surface area contributed by atoms with Gasteiger partial charge in [0.05, 0.1) is 158 Å². The Morgan fingerprint density at radius 2 is 0.753 bits per heavy atom. The lowest BCUT2D eigenvalue weighted by Crippen LogP contribution is -2.38. The third-order valence-corrected chi connectivity index (χ3v) is 28.7. The zero-order valence-corrected chi connectivity index (χ0v) is 83.4. The first kappa shape index (κ1) is 107. The topological polar surface area (TPSA) is 296 Å². The van der Waals surface area contributed by atoms with Crippen molar-refractivity contribution in [3.63, 3.8) is 0 Å². The standard InChI is InChI=1S/C37H32F6N4O6.C35H29F6N3O5S.C35H32F3N3O5S/c1-20-13-22(32(48)49)3-5-26(20)21-4-6-30(51-2)27(16-21)28-18-44-33(46-9-11-52-12-10-46)45-29(28)19-47-34(50)53-31(35(47)7-8-35)23-14-24(36(38,39)40)17-25(15-23)37(41,42)43;1-18-11-20(30(45)48-3)5-7-24(18)19-6-8-28(47-2)25(14-19)26-16-42-31(50-4)43-27(26)17-44-32(46)49-29(33(44)9-10-33)21-12-22(34(36,37)38)15-23(13-21)35(39,40)41;1-19-12-23(15-24(13-19)35(36,37)38)31-34(10-11-34)41(33(43)46-31)18-27-30(39-17-29(40-27)47-5)26-16-21(7-9-28(26)44-3)25-8-6-22(14-20(25)2)32(42)45-4/h3-6,13-18,31H,7-12,19H2,1-2H3,(H,48,49);5-8,11-16,29H,9-10,17H2,1-4H3;6-9,12-17,31H,10-11,18H2,1-5H3/t31-;29-;31-/m111/s1. The first-order valence-electron chi connectivity index (χ1n) is 46.6. The van der Waals surface area contributed by atoms with E-state index in [2.05, 4.69) is 15.0 Å². The van der Waals surface area contributed by atoms with E-state index in [9.17, 15) is 99.7 Å². The number of nitrogens with zero attached hydrogens (tertiary/aromatic N) is 10. The maximum Gasteiger partial charge on any atom is 0.416 e. The molecule has 0 radical (unpaired) electrons. The van der Waals surface area contributed by atoms with Crippen LogP contribution < -0.4 is 19.1 Å². The van der Waals surface area contributed by atoms with Gasteiger partial charge in [-0.15, -0.1) is 11.8 Å². The lowest BCUT2D eigenvalue weighted by atomic mass is 9.93. The SMILES string of the molecule is COC(=O)c1ccc(-c2ccc(OC)c(-c3cnc(SC)nc3CN3C(=O)O[C@H](c4cc(C(F)(F)F)cc(C(F)(F)F)c4)C34CC4)c2)c(C)c1.COC(=O)c1ccc(-c2ccc(OC)c(-c3ncc(SC)nc3CN3C(=O)O[C@H](c4cc(C)cc(C(F)(F)F)c4)C34CC4)c2)c(C)c1.COc1ccc(-c2ccc(C(=O)O)cc2C)cc1-c1cnc(N2CCOCC2)nc1CN1C(=O)O[C@H](c2cc(C(F)(F)F)cc(C(F)(F)F)c2)C12CC2. The van der Waals surface area contributed by atoms with Gasteiger partial charge < -0.3 is 52.6 Å². The van der Waals surface area contributed by atoms with Gasteiger partial charge in [0.1, 0.15) is 22.3 Å². The fourth-order valence-electron chi connectivity index (χ4n) is 19.6. The monoisotopic (exact) mass is 2120 g/mol. The third-order valence-electron chi connectivity index (χ3n) is 27.5. The van der Waals surface area contributed by atoms with Crippen LogP contribution in [0.5, 0.6) is 17.2 Å². The summed E-state index contributed by atoms with van der Waals surface area (Å²) < 4.78 is 255. The number of halogens is 15. The van der Waals surface area contributed by atoms with Crippen molar-refractivity contribution in [1.29, 1.82) is 0 Å². The van der Waals surface area contributed by atoms with Gasteiger partial charge in [-0.05, 0) is 267 Å². The first-order valence-corrected chi connectivity index (χ1v) is 49.0. The zero-order chi connectivity index (χ0) is 108. The average molecular weight is 2120 g/mol. The van der Waals surface area contributed by atoms with Crippen molar-refractivity contribution in [1.82, 2.24) is 44.6 Å². The minimum Gasteiger partial charge on any atom is -0.496 e. The highest BCUT2D eigenvalue weighted by molar-refractivity contribution is 7.98. The Morgan fingerprint density at radius 3 is 1.12 bits per heavy atom. The van der Waals surface area contributed by atoms with E-state index in [1.165, 1.54) is 67.8 Å². The van der Waals surface area contributed by atoms with Gasteiger partial charge in [-0.1, -0.05) is 59.8 Å². The summed E-state index contributed by atoms with van der Waals surface area (Å²) in [6.45, 7) is 8.60. The number of benzene rings is 9. The van der Waals surface area contributed by atoms with Gasteiger partial charge in [0, 0.05) is 53.3 Å². The second-order valence-corrected chi connectivity index (χ2v) is 38.4. The van der Waals surface area contributed by atoms with Crippen molar-refractivity contribution < 1.29 is 142 Å². The van der Waals surface area contributed by atoms with Crippen LogP contribution in [-0.4, -0.2) is 177 Å². The molecule has 7 fully saturated rings. The van der Waals surface area contributed by atoms with Crippen molar-refractivity contribution in [2.45, 2.75) is 162 Å². The Kier molecular flexibility index (Phi) is 29.3. The van der Waals surface area contributed by atoms with Crippen LogP contribution in [0.1, 0.15) is 172 Å². The van der Waals surface area contributed by atoms with Gasteiger partial charge in [-0.3, -0.25) is 19.7 Å². The second kappa shape index (κ2) is 41.3. The van der Waals surface area contributed by atoms with Crippen molar-refractivity contribution in [2.24, 2.45) is 0 Å². The number of aromatic carboxylic acids is 1. The maximum absolute atomic E-state index is 13.8. The molecular weight excluding hydrogens is 2030 g/mol. The van der Waals surface area contributed by atoms with Gasteiger partial charge in [0.2, 0.25) is 5.95 Å². The number of aromatic nitrogens is 6. The fraction of sp³-hybridized carbons (Fsp3) is 0.327. The van der Waals surface area contributed by atoms with Crippen molar-refractivity contribution >= 4 is 65.7 Å². The number of rotatable bonds is 24. The molecule has 7 aliphatic rings. The van der Waals surface area contributed by atoms with Crippen LogP contribution in [-0.2, 0) is 78.9 Å². The lowest BCUT2D eigenvalue weighted by Gasteiger charge is -2.29. The van der Waals surface area contributed by atoms with Crippen LogP contribution in [0.4, 0.5) is 86.2 Å². The Labute approximate surface area is 856 Å².